The molecule has 0 radical (unpaired) electrons. The van der Waals surface area contributed by atoms with Crippen LogP contribution >= 0.6 is 0 Å². The van der Waals surface area contributed by atoms with E-state index >= 15 is 0 Å². The van der Waals surface area contributed by atoms with Crippen molar-refractivity contribution in [3.05, 3.63) is 43.0 Å². The van der Waals surface area contributed by atoms with Gasteiger partial charge in [0.1, 0.15) is 13.1 Å². The van der Waals surface area contributed by atoms with Crippen molar-refractivity contribution in [3.63, 3.8) is 0 Å². The zero-order valence-corrected chi connectivity index (χ0v) is 12.7. The molecular formula is C15H23N4O2+. The van der Waals surface area contributed by atoms with Gasteiger partial charge in [-0.05, 0) is 13.8 Å². The molecule has 6 heteroatoms. The molecule has 0 saturated heterocycles. The maximum Gasteiger partial charge on any atom is 0.295 e. The first-order valence-corrected chi connectivity index (χ1v) is 7.01. The summed E-state index contributed by atoms with van der Waals surface area (Å²) < 4.78 is 3.43. The van der Waals surface area contributed by atoms with Crippen molar-refractivity contribution in [3.8, 4) is 0 Å². The van der Waals surface area contributed by atoms with Crippen molar-refractivity contribution >= 4 is 11.8 Å². The molecule has 2 N–H and O–H groups in total. The number of imidazole rings is 1. The van der Waals surface area contributed by atoms with Crippen LogP contribution in [0, 0.1) is 0 Å². The molecule has 0 unspecified atom stereocenters. The average molecular weight is 291 g/mol. The highest BCUT2D eigenvalue weighted by Gasteiger charge is 2.32. The van der Waals surface area contributed by atoms with E-state index < -0.39 is 0 Å². The third kappa shape index (κ3) is 3.81. The molecule has 1 heterocycles. The molecular weight excluding hydrogens is 268 g/mol. The average Bonchev–Trinajstić information content (AvgIpc) is 2.78. The minimum Gasteiger partial charge on any atom is -0.349 e. The molecule has 0 atom stereocenters. The van der Waals surface area contributed by atoms with Crippen molar-refractivity contribution < 1.29 is 14.2 Å². The van der Waals surface area contributed by atoms with E-state index in [0.29, 0.717) is 37.6 Å². The second-order valence-corrected chi connectivity index (χ2v) is 4.41. The Balaban J connectivity index is 3.43. The van der Waals surface area contributed by atoms with Gasteiger partial charge in [0, 0.05) is 13.1 Å². The summed E-state index contributed by atoms with van der Waals surface area (Å²) in [6.07, 6.45) is 5.10. The Morgan fingerprint density at radius 3 is 2.33 bits per heavy atom. The number of rotatable bonds is 8. The van der Waals surface area contributed by atoms with Crippen molar-refractivity contribution in [1.29, 1.82) is 0 Å². The third-order valence-electron chi connectivity index (χ3n) is 2.83. The number of carbonyl (C=O) groups excluding carboxylic acids is 2. The van der Waals surface area contributed by atoms with Gasteiger partial charge >= 0.3 is 0 Å². The van der Waals surface area contributed by atoms with Crippen LogP contribution in [0.4, 0.5) is 0 Å². The number of aromatic nitrogens is 2. The Kier molecular flexibility index (Phi) is 6.39. The largest absolute Gasteiger partial charge is 0.349 e. The minimum absolute atomic E-state index is 0.275. The fraction of sp³-hybridized carbons (Fsp3) is 0.400. The Morgan fingerprint density at radius 1 is 1.19 bits per heavy atom. The van der Waals surface area contributed by atoms with E-state index in [1.165, 1.54) is 0 Å². The monoisotopic (exact) mass is 291 g/mol. The van der Waals surface area contributed by atoms with Crippen LogP contribution in [0.3, 0.4) is 0 Å². The van der Waals surface area contributed by atoms with Crippen LogP contribution in [0.2, 0.25) is 0 Å². The quantitative estimate of drug-likeness (QED) is 0.545. The van der Waals surface area contributed by atoms with E-state index in [1.54, 1.807) is 27.6 Å². The molecule has 0 aliphatic carbocycles. The van der Waals surface area contributed by atoms with E-state index in [-0.39, 0.29) is 11.8 Å². The summed E-state index contributed by atoms with van der Waals surface area (Å²) in [6.45, 7) is 12.9. The molecule has 0 fully saturated rings. The van der Waals surface area contributed by atoms with Crippen LogP contribution in [0.1, 0.15) is 34.8 Å². The van der Waals surface area contributed by atoms with Gasteiger partial charge < -0.3 is 10.6 Å². The molecule has 1 aromatic heterocycles. The lowest BCUT2D eigenvalue weighted by Gasteiger charge is -2.04. The predicted molar refractivity (Wildman–Crippen MR) is 81.0 cm³/mol. The van der Waals surface area contributed by atoms with Gasteiger partial charge in [0.2, 0.25) is 17.7 Å². The van der Waals surface area contributed by atoms with Crippen LogP contribution < -0.4 is 15.2 Å². The third-order valence-corrected chi connectivity index (χ3v) is 2.83. The molecule has 0 bridgehead atoms. The topological polar surface area (TPSA) is 67.0 Å². The predicted octanol–water partition coefficient (Wildman–Crippen LogP) is 0.647. The zero-order chi connectivity index (χ0) is 15.8. The Hall–Kier alpha value is -2.37. The summed E-state index contributed by atoms with van der Waals surface area (Å²) in [7, 11) is 0. The lowest BCUT2D eigenvalue weighted by molar-refractivity contribution is -0.688. The zero-order valence-electron chi connectivity index (χ0n) is 12.7. The maximum atomic E-state index is 12.3. The molecule has 0 saturated carbocycles. The molecule has 114 valence electrons. The fourth-order valence-electron chi connectivity index (χ4n) is 2.08. The highest BCUT2D eigenvalue weighted by Crippen LogP contribution is 2.07. The Labute approximate surface area is 125 Å². The molecule has 1 aromatic rings. The number of hydrogen-bond donors (Lipinski definition) is 2. The first kappa shape index (κ1) is 16.7. The number of hydrogen-bond acceptors (Lipinski definition) is 2. The van der Waals surface area contributed by atoms with Gasteiger partial charge in [0.15, 0.2) is 0 Å². The van der Waals surface area contributed by atoms with Crippen molar-refractivity contribution in [1.82, 2.24) is 15.2 Å². The smallest absolute Gasteiger partial charge is 0.295 e. The van der Waals surface area contributed by atoms with Gasteiger partial charge in [0.05, 0.1) is 0 Å². The van der Waals surface area contributed by atoms with Gasteiger partial charge in [-0.25, -0.2) is 9.13 Å². The van der Waals surface area contributed by atoms with Crippen molar-refractivity contribution in [2.75, 3.05) is 13.1 Å². The van der Waals surface area contributed by atoms with E-state index in [9.17, 15) is 9.59 Å². The van der Waals surface area contributed by atoms with Gasteiger partial charge in [-0.3, -0.25) is 9.59 Å². The summed E-state index contributed by atoms with van der Waals surface area (Å²) in [6, 6.07) is 0. The van der Waals surface area contributed by atoms with Crippen molar-refractivity contribution in [2.45, 2.75) is 26.9 Å². The number of carbonyl (C=O) groups is 2. The van der Waals surface area contributed by atoms with E-state index in [0.717, 1.165) is 0 Å². The molecule has 2 amide bonds. The number of nitrogens with one attached hydrogen (secondary N) is 2. The van der Waals surface area contributed by atoms with Crippen LogP contribution in [-0.2, 0) is 13.1 Å². The summed E-state index contributed by atoms with van der Waals surface area (Å²) in [5.74, 6) is -0.549. The Bertz CT molecular complexity index is 500. The number of allylic oxidation sites excluding steroid dienone is 2. The number of nitrogens with zero attached hydrogens (tertiary/aromatic N) is 2. The second kappa shape index (κ2) is 8.04. The summed E-state index contributed by atoms with van der Waals surface area (Å²) in [4.78, 5) is 24.6. The van der Waals surface area contributed by atoms with Crippen LogP contribution in [0.5, 0.6) is 0 Å². The summed E-state index contributed by atoms with van der Waals surface area (Å²) in [5.41, 5.74) is 0.675. The highest BCUT2D eigenvalue weighted by atomic mass is 16.2. The molecule has 1 rings (SSSR count). The van der Waals surface area contributed by atoms with Crippen LogP contribution in [0.25, 0.3) is 0 Å². The maximum absolute atomic E-state index is 12.3. The standard InChI is InChI=1S/C15H22N4O2/c1-5-9-18-11-19(10-6-2)13(15(21)17-8-4)12(18)14(20)16-7-3/h5-6,11H,1-2,7-10H2,3-4H3,(H-,16,17,20,21)/p+1. The second-order valence-electron chi connectivity index (χ2n) is 4.41. The van der Waals surface area contributed by atoms with E-state index in [4.69, 9.17) is 0 Å². The van der Waals surface area contributed by atoms with Crippen molar-refractivity contribution in [2.24, 2.45) is 0 Å². The molecule has 0 aliphatic rings. The van der Waals surface area contributed by atoms with E-state index in [1.807, 2.05) is 13.8 Å². The summed E-state index contributed by atoms with van der Waals surface area (Å²) in [5, 5.41) is 5.48. The SMILES string of the molecule is C=CCn1c[n+](CC=C)c(C(=O)NCC)c1C(=O)NCC. The first-order chi connectivity index (χ1) is 10.1. The summed E-state index contributed by atoms with van der Waals surface area (Å²) >= 11 is 0. The van der Waals surface area contributed by atoms with Crippen LogP contribution in [0.15, 0.2) is 31.6 Å². The highest BCUT2D eigenvalue weighted by molar-refractivity contribution is 6.04. The fourth-order valence-corrected chi connectivity index (χ4v) is 2.08. The Morgan fingerprint density at radius 2 is 1.81 bits per heavy atom. The first-order valence-electron chi connectivity index (χ1n) is 7.01. The van der Waals surface area contributed by atoms with Gasteiger partial charge in [-0.1, -0.05) is 25.3 Å². The minimum atomic E-state index is -0.275. The number of amides is 2. The van der Waals surface area contributed by atoms with Gasteiger partial charge in [0.25, 0.3) is 11.8 Å². The molecule has 6 nitrogen and oxygen atoms in total. The van der Waals surface area contributed by atoms with Gasteiger partial charge in [-0.2, -0.15) is 0 Å². The van der Waals surface area contributed by atoms with Crippen LogP contribution in [-0.4, -0.2) is 29.5 Å². The normalized spacial score (nSPS) is 10.0. The van der Waals surface area contributed by atoms with Gasteiger partial charge in [-0.15, -0.1) is 0 Å². The molecule has 21 heavy (non-hydrogen) atoms. The lowest BCUT2D eigenvalue weighted by Crippen LogP contribution is -2.42. The lowest BCUT2D eigenvalue weighted by atomic mass is 10.2. The van der Waals surface area contributed by atoms with E-state index in [2.05, 4.69) is 23.8 Å². The molecule has 0 spiro atoms. The molecule has 0 aliphatic heterocycles. The molecule has 0 aromatic carbocycles.